The highest BCUT2D eigenvalue weighted by molar-refractivity contribution is 6.31. The second-order valence-corrected chi connectivity index (χ2v) is 6.02. The van der Waals surface area contributed by atoms with Crippen LogP contribution in [0, 0.1) is 5.82 Å². The Kier molecular flexibility index (Phi) is 4.09. The van der Waals surface area contributed by atoms with E-state index in [1.807, 2.05) is 29.8 Å². The van der Waals surface area contributed by atoms with Gasteiger partial charge in [0.05, 0.1) is 0 Å². The molecule has 3 aromatic rings. The SMILES string of the molecule is CN(Cc1cccc(F)c1)C(=O)c1cc2ccc(Cl)cc2n1C. The van der Waals surface area contributed by atoms with Crippen molar-refractivity contribution in [3.05, 3.63) is 70.6 Å². The summed E-state index contributed by atoms with van der Waals surface area (Å²) in [5.41, 5.74) is 2.23. The number of hydrogen-bond donors (Lipinski definition) is 0. The summed E-state index contributed by atoms with van der Waals surface area (Å²) in [6.07, 6.45) is 0. The van der Waals surface area contributed by atoms with E-state index in [1.165, 1.54) is 12.1 Å². The maximum atomic E-state index is 13.3. The van der Waals surface area contributed by atoms with E-state index < -0.39 is 0 Å². The molecule has 0 radical (unpaired) electrons. The largest absolute Gasteiger partial charge is 0.340 e. The van der Waals surface area contributed by atoms with Crippen LogP contribution in [0.25, 0.3) is 10.9 Å². The first-order valence-corrected chi connectivity index (χ1v) is 7.58. The van der Waals surface area contributed by atoms with Gasteiger partial charge in [0.1, 0.15) is 11.5 Å². The zero-order valence-electron chi connectivity index (χ0n) is 12.9. The van der Waals surface area contributed by atoms with E-state index in [-0.39, 0.29) is 11.7 Å². The third-order valence-electron chi connectivity index (χ3n) is 3.88. The fourth-order valence-electron chi connectivity index (χ4n) is 2.68. The zero-order chi connectivity index (χ0) is 16.6. The summed E-state index contributed by atoms with van der Waals surface area (Å²) in [6, 6.07) is 13.6. The topological polar surface area (TPSA) is 25.2 Å². The van der Waals surface area contributed by atoms with Crippen LogP contribution in [0.2, 0.25) is 5.02 Å². The number of aryl methyl sites for hydroxylation is 1. The maximum Gasteiger partial charge on any atom is 0.270 e. The monoisotopic (exact) mass is 330 g/mol. The van der Waals surface area contributed by atoms with Crippen molar-refractivity contribution in [2.45, 2.75) is 6.54 Å². The number of halogens is 2. The molecule has 118 valence electrons. The summed E-state index contributed by atoms with van der Waals surface area (Å²) in [5.74, 6) is -0.424. The Morgan fingerprint density at radius 2 is 2.00 bits per heavy atom. The van der Waals surface area contributed by atoms with Gasteiger partial charge in [0.2, 0.25) is 0 Å². The zero-order valence-corrected chi connectivity index (χ0v) is 13.6. The van der Waals surface area contributed by atoms with E-state index in [0.717, 1.165) is 16.5 Å². The van der Waals surface area contributed by atoms with Gasteiger partial charge in [0, 0.05) is 36.6 Å². The Balaban J connectivity index is 1.89. The number of nitrogens with zero attached hydrogens (tertiary/aromatic N) is 2. The lowest BCUT2D eigenvalue weighted by molar-refractivity contribution is 0.0776. The van der Waals surface area contributed by atoms with Gasteiger partial charge in [-0.15, -0.1) is 0 Å². The molecule has 1 heterocycles. The molecule has 0 aliphatic carbocycles. The molecular formula is C18H16ClFN2O. The van der Waals surface area contributed by atoms with Crippen molar-refractivity contribution in [1.29, 1.82) is 0 Å². The minimum atomic E-state index is -0.303. The molecule has 0 N–H and O–H groups in total. The van der Waals surface area contributed by atoms with Crippen LogP contribution < -0.4 is 0 Å². The molecule has 5 heteroatoms. The number of aromatic nitrogens is 1. The van der Waals surface area contributed by atoms with Crippen molar-refractivity contribution < 1.29 is 9.18 Å². The highest BCUT2D eigenvalue weighted by Gasteiger charge is 2.17. The Labute approximate surface area is 138 Å². The van der Waals surface area contributed by atoms with Crippen LogP contribution in [0.5, 0.6) is 0 Å². The molecule has 0 fully saturated rings. The van der Waals surface area contributed by atoms with Crippen LogP contribution in [0.4, 0.5) is 4.39 Å². The average molecular weight is 331 g/mol. The molecular weight excluding hydrogens is 315 g/mol. The number of benzene rings is 2. The molecule has 0 aliphatic rings. The summed E-state index contributed by atoms with van der Waals surface area (Å²) < 4.78 is 15.1. The summed E-state index contributed by atoms with van der Waals surface area (Å²) in [5, 5.41) is 1.59. The first-order chi connectivity index (χ1) is 11.0. The quantitative estimate of drug-likeness (QED) is 0.705. The van der Waals surface area contributed by atoms with Gasteiger partial charge in [0.25, 0.3) is 5.91 Å². The second-order valence-electron chi connectivity index (χ2n) is 5.58. The molecule has 3 rings (SSSR count). The lowest BCUT2D eigenvalue weighted by Gasteiger charge is -2.17. The molecule has 2 aromatic carbocycles. The lowest BCUT2D eigenvalue weighted by atomic mass is 10.2. The number of amides is 1. The number of fused-ring (bicyclic) bond motifs is 1. The van der Waals surface area contributed by atoms with E-state index in [1.54, 1.807) is 30.1 Å². The Morgan fingerprint density at radius 1 is 1.22 bits per heavy atom. The number of rotatable bonds is 3. The highest BCUT2D eigenvalue weighted by Crippen LogP contribution is 2.23. The first kappa shape index (κ1) is 15.6. The van der Waals surface area contributed by atoms with Gasteiger partial charge in [-0.1, -0.05) is 29.8 Å². The fraction of sp³-hybridized carbons (Fsp3) is 0.167. The van der Waals surface area contributed by atoms with E-state index in [4.69, 9.17) is 11.6 Å². The van der Waals surface area contributed by atoms with Crippen molar-refractivity contribution in [3.8, 4) is 0 Å². The van der Waals surface area contributed by atoms with Gasteiger partial charge >= 0.3 is 0 Å². The van der Waals surface area contributed by atoms with Gasteiger partial charge in [0.15, 0.2) is 0 Å². The summed E-state index contributed by atoms with van der Waals surface area (Å²) in [7, 11) is 3.54. The third kappa shape index (κ3) is 3.08. The molecule has 3 nitrogen and oxygen atoms in total. The minimum Gasteiger partial charge on any atom is -0.340 e. The van der Waals surface area contributed by atoms with Crippen molar-refractivity contribution >= 4 is 28.4 Å². The number of carbonyl (C=O) groups is 1. The molecule has 0 atom stereocenters. The van der Waals surface area contributed by atoms with E-state index >= 15 is 0 Å². The number of carbonyl (C=O) groups excluding carboxylic acids is 1. The summed E-state index contributed by atoms with van der Waals surface area (Å²) in [4.78, 5) is 14.3. The summed E-state index contributed by atoms with van der Waals surface area (Å²) in [6.45, 7) is 0.346. The normalized spacial score (nSPS) is 11.0. The Morgan fingerprint density at radius 3 is 2.74 bits per heavy atom. The standard InChI is InChI=1S/C18H16ClFN2O/c1-21(11-12-4-3-5-15(20)8-12)18(23)17-9-13-6-7-14(19)10-16(13)22(17)2/h3-10H,11H2,1-2H3. The van der Waals surface area contributed by atoms with Crippen LogP contribution >= 0.6 is 11.6 Å². The van der Waals surface area contributed by atoms with Crippen LogP contribution in [0.15, 0.2) is 48.5 Å². The van der Waals surface area contributed by atoms with Crippen molar-refractivity contribution in [2.24, 2.45) is 7.05 Å². The molecule has 1 aromatic heterocycles. The van der Waals surface area contributed by atoms with E-state index in [2.05, 4.69) is 0 Å². The Bertz CT molecular complexity index is 888. The Hall–Kier alpha value is -2.33. The van der Waals surface area contributed by atoms with Gasteiger partial charge in [-0.3, -0.25) is 4.79 Å². The molecule has 0 saturated heterocycles. The van der Waals surface area contributed by atoms with Gasteiger partial charge in [-0.05, 0) is 35.9 Å². The van der Waals surface area contributed by atoms with Crippen molar-refractivity contribution in [3.63, 3.8) is 0 Å². The molecule has 0 spiro atoms. The molecule has 0 bridgehead atoms. The smallest absolute Gasteiger partial charge is 0.270 e. The van der Waals surface area contributed by atoms with E-state index in [0.29, 0.717) is 17.3 Å². The highest BCUT2D eigenvalue weighted by atomic mass is 35.5. The molecule has 0 unspecified atom stereocenters. The van der Waals surface area contributed by atoms with Gasteiger partial charge in [-0.25, -0.2) is 4.39 Å². The van der Waals surface area contributed by atoms with Crippen molar-refractivity contribution in [2.75, 3.05) is 7.05 Å². The van der Waals surface area contributed by atoms with Crippen LogP contribution in [0.1, 0.15) is 16.1 Å². The van der Waals surface area contributed by atoms with Crippen molar-refractivity contribution in [1.82, 2.24) is 9.47 Å². The second kappa shape index (κ2) is 6.05. The number of hydrogen-bond acceptors (Lipinski definition) is 1. The van der Waals surface area contributed by atoms with Gasteiger partial charge < -0.3 is 9.47 Å². The first-order valence-electron chi connectivity index (χ1n) is 7.20. The lowest BCUT2D eigenvalue weighted by Crippen LogP contribution is -2.27. The van der Waals surface area contributed by atoms with Crippen LogP contribution in [-0.4, -0.2) is 22.4 Å². The van der Waals surface area contributed by atoms with Gasteiger partial charge in [-0.2, -0.15) is 0 Å². The maximum absolute atomic E-state index is 13.3. The average Bonchev–Trinajstić information content (AvgIpc) is 2.83. The minimum absolute atomic E-state index is 0.121. The molecule has 0 saturated carbocycles. The fourth-order valence-corrected chi connectivity index (χ4v) is 2.85. The summed E-state index contributed by atoms with van der Waals surface area (Å²) >= 11 is 6.02. The third-order valence-corrected chi connectivity index (χ3v) is 4.12. The molecule has 1 amide bonds. The predicted octanol–water partition coefficient (Wildman–Crippen LogP) is 4.24. The van der Waals surface area contributed by atoms with Crippen LogP contribution in [0.3, 0.4) is 0 Å². The van der Waals surface area contributed by atoms with Crippen LogP contribution in [-0.2, 0) is 13.6 Å². The molecule has 23 heavy (non-hydrogen) atoms. The van der Waals surface area contributed by atoms with E-state index in [9.17, 15) is 9.18 Å². The molecule has 0 aliphatic heterocycles. The predicted molar refractivity (Wildman–Crippen MR) is 90.1 cm³/mol.